The first-order valence-corrected chi connectivity index (χ1v) is 13.4. The fourth-order valence-corrected chi connectivity index (χ4v) is 5.70. The Labute approximate surface area is 218 Å². The topological polar surface area (TPSA) is 94.2 Å². The molecule has 0 saturated carbocycles. The number of benzene rings is 3. The van der Waals surface area contributed by atoms with Crippen LogP contribution in [0.3, 0.4) is 0 Å². The van der Waals surface area contributed by atoms with Gasteiger partial charge in [-0.05, 0) is 62.2 Å². The van der Waals surface area contributed by atoms with Crippen molar-refractivity contribution in [2.24, 2.45) is 0 Å². The van der Waals surface area contributed by atoms with Crippen molar-refractivity contribution in [1.29, 1.82) is 0 Å². The third-order valence-electron chi connectivity index (χ3n) is 6.38. The van der Waals surface area contributed by atoms with Crippen LogP contribution in [0.4, 0.5) is 5.69 Å². The number of nitrogens with zero attached hydrogens (tertiary/aromatic N) is 1. The molecule has 0 spiro atoms. The van der Waals surface area contributed by atoms with Gasteiger partial charge >= 0.3 is 0 Å². The Hall–Kier alpha value is -3.56. The van der Waals surface area contributed by atoms with Gasteiger partial charge in [0, 0.05) is 18.7 Å². The zero-order chi connectivity index (χ0) is 26.7. The first-order chi connectivity index (χ1) is 17.6. The molecule has 0 bridgehead atoms. The Morgan fingerprint density at radius 2 is 1.65 bits per heavy atom. The molecule has 9 heteroatoms. The highest BCUT2D eigenvalue weighted by Crippen LogP contribution is 2.29. The molecule has 1 aliphatic rings. The van der Waals surface area contributed by atoms with E-state index in [9.17, 15) is 13.2 Å². The van der Waals surface area contributed by atoms with Crippen molar-refractivity contribution >= 4 is 21.6 Å². The molecule has 1 heterocycles. The van der Waals surface area contributed by atoms with Gasteiger partial charge in [0.1, 0.15) is 28.6 Å². The van der Waals surface area contributed by atoms with Crippen LogP contribution in [0.1, 0.15) is 27.0 Å². The molecule has 2 atom stereocenters. The van der Waals surface area contributed by atoms with Crippen LogP contribution in [-0.2, 0) is 14.8 Å². The zero-order valence-corrected chi connectivity index (χ0v) is 22.5. The summed E-state index contributed by atoms with van der Waals surface area (Å²) in [6.45, 7) is 6.48. The molecule has 1 amide bonds. The van der Waals surface area contributed by atoms with E-state index < -0.39 is 16.1 Å². The van der Waals surface area contributed by atoms with E-state index in [4.69, 9.17) is 14.2 Å². The fourth-order valence-electron chi connectivity index (χ4n) is 4.49. The Balaban J connectivity index is 1.53. The molecular weight excluding hydrogens is 492 g/mol. The molecule has 37 heavy (non-hydrogen) atoms. The molecule has 0 radical (unpaired) electrons. The van der Waals surface area contributed by atoms with Crippen LogP contribution < -0.4 is 14.2 Å². The zero-order valence-electron chi connectivity index (χ0n) is 21.6. The van der Waals surface area contributed by atoms with Gasteiger partial charge in [-0.25, -0.2) is 8.42 Å². The molecule has 0 aliphatic carbocycles. The molecule has 1 aliphatic heterocycles. The fraction of sp³-hybridized carbons (Fsp3) is 0.321. The first kappa shape index (κ1) is 26.5. The van der Waals surface area contributed by atoms with Crippen LogP contribution >= 0.6 is 0 Å². The first-order valence-electron chi connectivity index (χ1n) is 11.9. The number of para-hydroxylation sites is 1. The predicted molar refractivity (Wildman–Crippen MR) is 142 cm³/mol. The number of anilines is 1. The molecule has 1 N–H and O–H groups in total. The minimum atomic E-state index is -3.90. The summed E-state index contributed by atoms with van der Waals surface area (Å²) in [4.78, 5) is 15.0. The maximum atomic E-state index is 13.3. The molecule has 1 saturated heterocycles. The van der Waals surface area contributed by atoms with Crippen LogP contribution in [0.15, 0.2) is 65.6 Å². The molecule has 8 nitrogen and oxygen atoms in total. The third-order valence-corrected chi connectivity index (χ3v) is 7.80. The van der Waals surface area contributed by atoms with Crippen LogP contribution in [0.5, 0.6) is 11.5 Å². The summed E-state index contributed by atoms with van der Waals surface area (Å²) in [6, 6.07) is 17.4. The Morgan fingerprint density at radius 1 is 0.919 bits per heavy atom. The van der Waals surface area contributed by atoms with Crippen molar-refractivity contribution < 1.29 is 27.4 Å². The minimum absolute atomic E-state index is 0.0392. The highest BCUT2D eigenvalue weighted by molar-refractivity contribution is 7.92. The molecule has 196 valence electrons. The van der Waals surface area contributed by atoms with Crippen LogP contribution in [0.25, 0.3) is 0 Å². The number of sulfonamides is 1. The lowest BCUT2D eigenvalue weighted by molar-refractivity contribution is 0.0339. The molecule has 0 aromatic heterocycles. The van der Waals surface area contributed by atoms with Crippen molar-refractivity contribution in [2.45, 2.75) is 37.9 Å². The van der Waals surface area contributed by atoms with Crippen LogP contribution in [-0.4, -0.2) is 58.7 Å². The standard InChI is InChI=1S/C28H32N2O6S/c1-18-10-11-20(3)23(14-18)28(31)30-16-25(35-5)26(17-30)36-22-13-19(2)12-21(15-22)29-37(32,33)27-9-7-6-8-24(27)34-4/h6-15,25-26,29H,16-17H2,1-5H3. The number of likely N-dealkylation sites (tertiary alicyclic amines) is 1. The molecule has 3 aromatic carbocycles. The van der Waals surface area contributed by atoms with Gasteiger partial charge in [-0.15, -0.1) is 0 Å². The highest BCUT2D eigenvalue weighted by atomic mass is 32.2. The van der Waals surface area contributed by atoms with Gasteiger partial charge in [0.15, 0.2) is 0 Å². The quantitative estimate of drug-likeness (QED) is 0.471. The van der Waals surface area contributed by atoms with Gasteiger partial charge in [-0.1, -0.05) is 29.8 Å². The highest BCUT2D eigenvalue weighted by Gasteiger charge is 2.38. The number of nitrogens with one attached hydrogen (secondary N) is 1. The maximum Gasteiger partial charge on any atom is 0.265 e. The van der Waals surface area contributed by atoms with E-state index in [2.05, 4.69) is 4.72 Å². The number of ether oxygens (including phenoxy) is 3. The number of rotatable bonds is 8. The van der Waals surface area contributed by atoms with E-state index in [1.807, 2.05) is 45.0 Å². The van der Waals surface area contributed by atoms with Crippen LogP contribution in [0, 0.1) is 20.8 Å². The molecule has 3 aromatic rings. The SMILES string of the molecule is COc1ccccc1S(=O)(=O)Nc1cc(C)cc(OC2CN(C(=O)c3cc(C)ccc3C)CC2OC)c1. The Morgan fingerprint density at radius 3 is 2.38 bits per heavy atom. The summed E-state index contributed by atoms with van der Waals surface area (Å²) < 4.78 is 45.8. The number of aryl methyl sites for hydroxylation is 3. The average molecular weight is 525 g/mol. The normalized spacial score (nSPS) is 17.5. The number of carbonyl (C=O) groups is 1. The maximum absolute atomic E-state index is 13.3. The summed E-state index contributed by atoms with van der Waals surface area (Å²) in [6.07, 6.45) is -0.747. The van der Waals surface area contributed by atoms with E-state index in [0.29, 0.717) is 30.1 Å². The molecule has 4 rings (SSSR count). The second-order valence-electron chi connectivity index (χ2n) is 9.25. The number of carbonyl (C=O) groups excluding carboxylic acids is 1. The number of amides is 1. The summed E-state index contributed by atoms with van der Waals surface area (Å²) in [5.41, 5.74) is 3.77. The van der Waals surface area contributed by atoms with E-state index >= 15 is 0 Å². The van der Waals surface area contributed by atoms with Crippen molar-refractivity contribution in [3.8, 4) is 11.5 Å². The predicted octanol–water partition coefficient (Wildman–Crippen LogP) is 4.34. The van der Waals surface area contributed by atoms with Crippen molar-refractivity contribution in [3.63, 3.8) is 0 Å². The lowest BCUT2D eigenvalue weighted by Gasteiger charge is -2.20. The Kier molecular flexibility index (Phi) is 7.75. The lowest BCUT2D eigenvalue weighted by atomic mass is 10.0. The summed E-state index contributed by atoms with van der Waals surface area (Å²) in [7, 11) is -0.880. The van der Waals surface area contributed by atoms with E-state index in [-0.39, 0.29) is 22.7 Å². The summed E-state index contributed by atoms with van der Waals surface area (Å²) >= 11 is 0. The van der Waals surface area contributed by atoms with Crippen molar-refractivity contribution in [1.82, 2.24) is 4.90 Å². The van der Waals surface area contributed by atoms with E-state index in [0.717, 1.165) is 16.7 Å². The van der Waals surface area contributed by atoms with Gasteiger partial charge in [0.05, 0.1) is 25.9 Å². The van der Waals surface area contributed by atoms with Gasteiger partial charge in [-0.3, -0.25) is 9.52 Å². The lowest BCUT2D eigenvalue weighted by Crippen LogP contribution is -2.32. The smallest absolute Gasteiger partial charge is 0.265 e. The largest absolute Gasteiger partial charge is 0.495 e. The van der Waals surface area contributed by atoms with E-state index in [1.54, 1.807) is 42.3 Å². The van der Waals surface area contributed by atoms with Crippen molar-refractivity contribution in [2.75, 3.05) is 32.0 Å². The molecule has 2 unspecified atom stereocenters. The summed E-state index contributed by atoms with van der Waals surface area (Å²) in [5, 5.41) is 0. The Bertz CT molecular complexity index is 1410. The monoisotopic (exact) mass is 524 g/mol. The van der Waals surface area contributed by atoms with Gasteiger partial charge in [0.2, 0.25) is 0 Å². The second kappa shape index (κ2) is 10.8. The van der Waals surface area contributed by atoms with Gasteiger partial charge in [0.25, 0.3) is 15.9 Å². The number of hydrogen-bond acceptors (Lipinski definition) is 6. The van der Waals surface area contributed by atoms with Crippen LogP contribution in [0.2, 0.25) is 0 Å². The average Bonchev–Trinajstić information content (AvgIpc) is 3.27. The minimum Gasteiger partial charge on any atom is -0.495 e. The number of methoxy groups -OCH3 is 2. The molecular formula is C28H32N2O6S. The van der Waals surface area contributed by atoms with Gasteiger partial charge in [-0.2, -0.15) is 0 Å². The summed E-state index contributed by atoms with van der Waals surface area (Å²) in [5.74, 6) is 0.663. The second-order valence-corrected chi connectivity index (χ2v) is 10.9. The van der Waals surface area contributed by atoms with Gasteiger partial charge < -0.3 is 19.1 Å². The van der Waals surface area contributed by atoms with E-state index in [1.165, 1.54) is 13.2 Å². The van der Waals surface area contributed by atoms with Crippen molar-refractivity contribution in [3.05, 3.63) is 82.9 Å². The molecule has 1 fully saturated rings. The number of hydrogen-bond donors (Lipinski definition) is 1. The third kappa shape index (κ3) is 5.89.